The van der Waals surface area contributed by atoms with E-state index >= 15 is 0 Å². The van der Waals surface area contributed by atoms with Crippen molar-refractivity contribution in [1.82, 2.24) is 14.5 Å². The van der Waals surface area contributed by atoms with Crippen LogP contribution in [0.1, 0.15) is 37.5 Å². The van der Waals surface area contributed by atoms with Crippen molar-refractivity contribution in [3.8, 4) is 0 Å². The standard InChI is InChI=1S/C13H16ClN3/c14-7-2-1-3-13-16-11-9-15-8-6-12(11)17(13)10-4-5-10/h6,8-10H,1-5,7H2. The van der Waals surface area contributed by atoms with E-state index in [-0.39, 0.29) is 0 Å². The van der Waals surface area contributed by atoms with Crippen LogP contribution >= 0.6 is 11.6 Å². The number of nitrogens with zero attached hydrogens (tertiary/aromatic N) is 3. The highest BCUT2D eigenvalue weighted by Gasteiger charge is 2.27. The molecule has 0 bridgehead atoms. The van der Waals surface area contributed by atoms with Gasteiger partial charge in [0.2, 0.25) is 0 Å². The molecule has 4 heteroatoms. The third kappa shape index (κ3) is 2.16. The normalized spacial score (nSPS) is 15.6. The van der Waals surface area contributed by atoms with Gasteiger partial charge in [0.25, 0.3) is 0 Å². The molecule has 1 saturated carbocycles. The molecule has 0 amide bonds. The van der Waals surface area contributed by atoms with E-state index in [4.69, 9.17) is 16.6 Å². The van der Waals surface area contributed by atoms with Crippen LogP contribution in [0.15, 0.2) is 18.5 Å². The highest BCUT2D eigenvalue weighted by molar-refractivity contribution is 6.17. The topological polar surface area (TPSA) is 30.7 Å². The van der Waals surface area contributed by atoms with Gasteiger partial charge in [-0.05, 0) is 31.7 Å². The predicted octanol–water partition coefficient (Wildman–Crippen LogP) is 3.33. The first-order valence-electron chi connectivity index (χ1n) is 6.27. The maximum absolute atomic E-state index is 5.72. The molecule has 0 aliphatic heterocycles. The summed E-state index contributed by atoms with van der Waals surface area (Å²) in [5, 5.41) is 0. The number of imidazole rings is 1. The van der Waals surface area contributed by atoms with Gasteiger partial charge in [0, 0.05) is 24.5 Å². The monoisotopic (exact) mass is 249 g/mol. The second-order valence-corrected chi connectivity index (χ2v) is 5.02. The lowest BCUT2D eigenvalue weighted by Crippen LogP contribution is -2.01. The van der Waals surface area contributed by atoms with Crippen molar-refractivity contribution in [3.05, 3.63) is 24.3 Å². The smallest absolute Gasteiger partial charge is 0.110 e. The minimum absolute atomic E-state index is 0.674. The van der Waals surface area contributed by atoms with Gasteiger partial charge in [-0.25, -0.2) is 4.98 Å². The quantitative estimate of drug-likeness (QED) is 0.601. The number of pyridine rings is 1. The van der Waals surface area contributed by atoms with Gasteiger partial charge < -0.3 is 4.57 Å². The number of fused-ring (bicyclic) bond motifs is 1. The Hall–Kier alpha value is -1.09. The Morgan fingerprint density at radius 2 is 2.24 bits per heavy atom. The van der Waals surface area contributed by atoms with Crippen LogP contribution in [0.3, 0.4) is 0 Å². The first-order chi connectivity index (χ1) is 8.40. The molecule has 1 aliphatic carbocycles. The third-order valence-electron chi connectivity index (χ3n) is 3.26. The summed E-state index contributed by atoms with van der Waals surface area (Å²) in [6.45, 7) is 0. The number of rotatable bonds is 5. The van der Waals surface area contributed by atoms with Gasteiger partial charge in [0.1, 0.15) is 11.3 Å². The maximum atomic E-state index is 5.72. The Morgan fingerprint density at radius 1 is 1.35 bits per heavy atom. The fourth-order valence-electron chi connectivity index (χ4n) is 2.29. The minimum atomic E-state index is 0.674. The summed E-state index contributed by atoms with van der Waals surface area (Å²) in [6.07, 6.45) is 9.50. The highest BCUT2D eigenvalue weighted by atomic mass is 35.5. The number of aryl methyl sites for hydroxylation is 1. The Kier molecular flexibility index (Phi) is 3.02. The SMILES string of the molecule is ClCCCCc1nc2cnccc2n1C1CC1. The van der Waals surface area contributed by atoms with Crippen LogP contribution in [0.2, 0.25) is 0 Å². The van der Waals surface area contributed by atoms with E-state index in [9.17, 15) is 0 Å². The zero-order chi connectivity index (χ0) is 11.7. The molecule has 0 unspecified atom stereocenters. The average molecular weight is 250 g/mol. The Balaban J connectivity index is 1.95. The summed E-state index contributed by atoms with van der Waals surface area (Å²) in [4.78, 5) is 8.85. The molecule has 1 fully saturated rings. The summed E-state index contributed by atoms with van der Waals surface area (Å²) in [5.74, 6) is 1.95. The molecule has 0 N–H and O–H groups in total. The molecule has 2 aromatic rings. The second kappa shape index (κ2) is 4.65. The van der Waals surface area contributed by atoms with Crippen molar-refractivity contribution in [2.75, 3.05) is 5.88 Å². The van der Waals surface area contributed by atoms with Gasteiger partial charge in [-0.15, -0.1) is 11.6 Å². The molecule has 3 rings (SSSR count). The number of halogens is 1. The average Bonchev–Trinajstić information content (AvgIpc) is 3.11. The number of aromatic nitrogens is 3. The molecule has 1 aliphatic rings. The number of hydrogen-bond acceptors (Lipinski definition) is 2. The molecule has 0 saturated heterocycles. The summed E-state index contributed by atoms with van der Waals surface area (Å²) >= 11 is 5.72. The molecule has 0 radical (unpaired) electrons. The molecule has 2 aromatic heterocycles. The molecule has 3 nitrogen and oxygen atoms in total. The molecule has 0 spiro atoms. The summed E-state index contributed by atoms with van der Waals surface area (Å²) < 4.78 is 2.41. The largest absolute Gasteiger partial charge is 0.325 e. The number of alkyl halides is 1. The van der Waals surface area contributed by atoms with Crippen molar-refractivity contribution in [1.29, 1.82) is 0 Å². The van der Waals surface area contributed by atoms with E-state index in [0.717, 1.165) is 30.7 Å². The Morgan fingerprint density at radius 3 is 3.00 bits per heavy atom. The number of hydrogen-bond donors (Lipinski definition) is 0. The fourth-order valence-corrected chi connectivity index (χ4v) is 2.48. The van der Waals surface area contributed by atoms with Gasteiger partial charge in [-0.2, -0.15) is 0 Å². The van der Waals surface area contributed by atoms with Crippen molar-refractivity contribution < 1.29 is 0 Å². The summed E-state index contributed by atoms with van der Waals surface area (Å²) in [6, 6.07) is 2.75. The molecular formula is C13H16ClN3. The van der Waals surface area contributed by atoms with E-state index in [1.54, 1.807) is 0 Å². The second-order valence-electron chi connectivity index (χ2n) is 4.64. The molecule has 0 aromatic carbocycles. The molecule has 2 heterocycles. The van der Waals surface area contributed by atoms with Crippen molar-refractivity contribution in [2.24, 2.45) is 0 Å². The van der Waals surface area contributed by atoms with Gasteiger partial charge in [-0.1, -0.05) is 0 Å². The van der Waals surface area contributed by atoms with Crippen LogP contribution < -0.4 is 0 Å². The van der Waals surface area contributed by atoms with E-state index in [1.807, 2.05) is 12.4 Å². The van der Waals surface area contributed by atoms with Crippen LogP contribution in [0, 0.1) is 0 Å². The van der Waals surface area contributed by atoms with Crippen molar-refractivity contribution in [2.45, 2.75) is 38.1 Å². The van der Waals surface area contributed by atoms with Crippen molar-refractivity contribution in [3.63, 3.8) is 0 Å². The summed E-state index contributed by atoms with van der Waals surface area (Å²) in [7, 11) is 0. The van der Waals surface area contributed by atoms with Crippen LogP contribution in [-0.2, 0) is 6.42 Å². The predicted molar refractivity (Wildman–Crippen MR) is 69.5 cm³/mol. The zero-order valence-corrected chi connectivity index (χ0v) is 10.5. The van der Waals surface area contributed by atoms with Gasteiger partial charge in [0.05, 0.1) is 11.7 Å². The van der Waals surface area contributed by atoms with Gasteiger partial charge in [0.15, 0.2) is 0 Å². The molecule has 17 heavy (non-hydrogen) atoms. The first kappa shape index (κ1) is 11.0. The molecule has 90 valence electrons. The van der Waals surface area contributed by atoms with Crippen LogP contribution in [0.25, 0.3) is 11.0 Å². The van der Waals surface area contributed by atoms with Crippen LogP contribution in [0.5, 0.6) is 0 Å². The Labute approximate surface area is 106 Å². The van der Waals surface area contributed by atoms with Crippen LogP contribution in [0.4, 0.5) is 0 Å². The maximum Gasteiger partial charge on any atom is 0.110 e. The molecular weight excluding hydrogens is 234 g/mol. The first-order valence-corrected chi connectivity index (χ1v) is 6.80. The lowest BCUT2D eigenvalue weighted by atomic mass is 10.2. The van der Waals surface area contributed by atoms with Crippen molar-refractivity contribution >= 4 is 22.6 Å². The number of unbranched alkanes of at least 4 members (excludes halogenated alkanes) is 1. The molecule has 0 atom stereocenters. The van der Waals surface area contributed by atoms with Gasteiger partial charge >= 0.3 is 0 Å². The van der Waals surface area contributed by atoms with Gasteiger partial charge in [-0.3, -0.25) is 4.98 Å². The summed E-state index contributed by atoms with van der Waals surface area (Å²) in [5.41, 5.74) is 2.27. The zero-order valence-electron chi connectivity index (χ0n) is 9.77. The highest BCUT2D eigenvalue weighted by Crippen LogP contribution is 2.38. The third-order valence-corrected chi connectivity index (χ3v) is 3.53. The lowest BCUT2D eigenvalue weighted by Gasteiger charge is -2.06. The minimum Gasteiger partial charge on any atom is -0.325 e. The van der Waals surface area contributed by atoms with Crippen LogP contribution in [-0.4, -0.2) is 20.4 Å². The van der Waals surface area contributed by atoms with E-state index in [2.05, 4.69) is 15.6 Å². The van der Waals surface area contributed by atoms with E-state index in [1.165, 1.54) is 24.2 Å². The fraction of sp³-hybridized carbons (Fsp3) is 0.538. The van der Waals surface area contributed by atoms with E-state index in [0.29, 0.717) is 6.04 Å². The van der Waals surface area contributed by atoms with E-state index < -0.39 is 0 Å². The lowest BCUT2D eigenvalue weighted by molar-refractivity contribution is 0.665. The Bertz CT molecular complexity index is 516.